The predicted octanol–water partition coefficient (Wildman–Crippen LogP) is 2.63. The van der Waals surface area contributed by atoms with Crippen LogP contribution < -0.4 is 0 Å². The lowest BCUT2D eigenvalue weighted by molar-refractivity contribution is -0.139. The van der Waals surface area contributed by atoms with Crippen LogP contribution in [0.4, 0.5) is 0 Å². The van der Waals surface area contributed by atoms with Crippen molar-refractivity contribution in [2.24, 2.45) is 0 Å². The van der Waals surface area contributed by atoms with E-state index >= 15 is 0 Å². The van der Waals surface area contributed by atoms with Gasteiger partial charge in [0.15, 0.2) is 0 Å². The Labute approximate surface area is 144 Å². The number of carbonyl (C=O) groups is 1. The third kappa shape index (κ3) is 3.35. The fourth-order valence-electron chi connectivity index (χ4n) is 3.78. The Balaban J connectivity index is 1.87. The quantitative estimate of drug-likeness (QED) is 0.842. The molecular formula is C18H26N2O3S. The van der Waals surface area contributed by atoms with Crippen molar-refractivity contribution in [3.63, 3.8) is 0 Å². The summed E-state index contributed by atoms with van der Waals surface area (Å²) in [6, 6.07) is 8.11. The largest absolute Gasteiger partial charge is 0.339 e. The maximum atomic E-state index is 13.1. The highest BCUT2D eigenvalue weighted by molar-refractivity contribution is 7.89. The summed E-state index contributed by atoms with van der Waals surface area (Å²) in [5.74, 6) is -0.0126. The van der Waals surface area contributed by atoms with E-state index in [9.17, 15) is 13.2 Å². The van der Waals surface area contributed by atoms with Crippen LogP contribution in [-0.2, 0) is 14.8 Å². The first-order chi connectivity index (χ1) is 11.5. The maximum absolute atomic E-state index is 13.1. The Morgan fingerprint density at radius 3 is 2.38 bits per heavy atom. The summed E-state index contributed by atoms with van der Waals surface area (Å²) in [5.41, 5.74) is 0. The minimum Gasteiger partial charge on any atom is -0.339 e. The van der Waals surface area contributed by atoms with Crippen LogP contribution in [0.3, 0.4) is 0 Å². The van der Waals surface area contributed by atoms with Gasteiger partial charge in [-0.2, -0.15) is 4.31 Å². The van der Waals surface area contributed by atoms with Crippen molar-refractivity contribution in [3.8, 4) is 0 Å². The van der Waals surface area contributed by atoms with Gasteiger partial charge in [0.05, 0.1) is 4.90 Å². The smallest absolute Gasteiger partial charge is 0.243 e. The summed E-state index contributed by atoms with van der Waals surface area (Å²) in [5, 5.41) is 0. The summed E-state index contributed by atoms with van der Waals surface area (Å²) < 4.78 is 27.5. The van der Waals surface area contributed by atoms with E-state index in [1.165, 1.54) is 4.31 Å². The van der Waals surface area contributed by atoms with Gasteiger partial charge in [0.25, 0.3) is 0 Å². The first-order valence-corrected chi connectivity index (χ1v) is 10.3. The van der Waals surface area contributed by atoms with Gasteiger partial charge in [0.1, 0.15) is 6.04 Å². The van der Waals surface area contributed by atoms with Crippen LogP contribution in [-0.4, -0.2) is 48.7 Å². The number of likely N-dealkylation sites (tertiary alicyclic amines) is 1. The molecule has 0 saturated carbocycles. The molecule has 0 bridgehead atoms. The third-order valence-corrected chi connectivity index (χ3v) is 7.10. The first-order valence-electron chi connectivity index (χ1n) is 8.89. The molecule has 0 aromatic heterocycles. The number of carbonyl (C=O) groups excluding carboxylic acids is 1. The molecule has 2 unspecified atom stereocenters. The number of nitrogens with zero attached hydrogens (tertiary/aromatic N) is 2. The zero-order valence-electron chi connectivity index (χ0n) is 14.2. The van der Waals surface area contributed by atoms with Gasteiger partial charge in [0.2, 0.25) is 15.9 Å². The molecule has 1 amide bonds. The van der Waals surface area contributed by atoms with Gasteiger partial charge in [-0.15, -0.1) is 0 Å². The van der Waals surface area contributed by atoms with E-state index in [0.29, 0.717) is 13.0 Å². The van der Waals surface area contributed by atoms with Gasteiger partial charge in [-0.3, -0.25) is 4.79 Å². The van der Waals surface area contributed by atoms with Gasteiger partial charge in [0, 0.05) is 19.1 Å². The van der Waals surface area contributed by atoms with E-state index in [1.807, 2.05) is 4.90 Å². The standard InChI is InChI=1S/C18H26N2O3S/c1-15-9-5-7-13-19(15)18(21)17-12-6-8-14-20(17)24(22,23)16-10-3-2-4-11-16/h2-4,10-11,15,17H,5-9,12-14H2,1H3. The molecule has 0 spiro atoms. The number of benzene rings is 1. The fourth-order valence-corrected chi connectivity index (χ4v) is 5.46. The number of hydrogen-bond donors (Lipinski definition) is 0. The highest BCUT2D eigenvalue weighted by Crippen LogP contribution is 2.28. The van der Waals surface area contributed by atoms with Crippen LogP contribution in [0.2, 0.25) is 0 Å². The number of rotatable bonds is 3. The average molecular weight is 350 g/mol. The topological polar surface area (TPSA) is 57.7 Å². The Kier molecular flexibility index (Phi) is 5.25. The number of piperidine rings is 2. The van der Waals surface area contributed by atoms with Crippen LogP contribution in [0.25, 0.3) is 0 Å². The van der Waals surface area contributed by atoms with E-state index in [-0.39, 0.29) is 16.8 Å². The summed E-state index contributed by atoms with van der Waals surface area (Å²) in [7, 11) is -3.63. The predicted molar refractivity (Wildman–Crippen MR) is 93.0 cm³/mol. The summed E-state index contributed by atoms with van der Waals surface area (Å²) in [6.45, 7) is 3.24. The molecular weight excluding hydrogens is 324 g/mol. The minimum absolute atomic E-state index is 0.0126. The normalized spacial score (nSPS) is 26.3. The second kappa shape index (κ2) is 7.23. The lowest BCUT2D eigenvalue weighted by Crippen LogP contribution is -2.55. The van der Waals surface area contributed by atoms with Crippen molar-refractivity contribution in [1.82, 2.24) is 9.21 Å². The fraction of sp³-hybridized carbons (Fsp3) is 0.611. The van der Waals surface area contributed by atoms with Crippen LogP contribution in [0.5, 0.6) is 0 Å². The van der Waals surface area contributed by atoms with E-state index < -0.39 is 16.1 Å². The number of hydrogen-bond acceptors (Lipinski definition) is 3. The molecule has 0 N–H and O–H groups in total. The lowest BCUT2D eigenvalue weighted by Gasteiger charge is -2.40. The Hall–Kier alpha value is -1.40. The van der Waals surface area contributed by atoms with Crippen LogP contribution in [0, 0.1) is 0 Å². The van der Waals surface area contributed by atoms with Crippen molar-refractivity contribution in [2.45, 2.75) is 62.4 Å². The lowest BCUT2D eigenvalue weighted by atomic mass is 9.99. The van der Waals surface area contributed by atoms with Crippen molar-refractivity contribution in [1.29, 1.82) is 0 Å². The van der Waals surface area contributed by atoms with Crippen molar-refractivity contribution in [2.75, 3.05) is 13.1 Å². The van der Waals surface area contributed by atoms with Gasteiger partial charge in [-0.25, -0.2) is 8.42 Å². The molecule has 1 aromatic rings. The van der Waals surface area contributed by atoms with Crippen molar-refractivity contribution < 1.29 is 13.2 Å². The van der Waals surface area contributed by atoms with E-state index in [0.717, 1.165) is 38.6 Å². The van der Waals surface area contributed by atoms with Crippen LogP contribution in [0.15, 0.2) is 35.2 Å². The molecule has 0 aliphatic carbocycles. The van der Waals surface area contributed by atoms with Crippen molar-refractivity contribution >= 4 is 15.9 Å². The number of sulfonamides is 1. The molecule has 2 aliphatic rings. The Morgan fingerprint density at radius 1 is 1.00 bits per heavy atom. The molecule has 0 radical (unpaired) electrons. The molecule has 132 valence electrons. The maximum Gasteiger partial charge on any atom is 0.243 e. The summed E-state index contributed by atoms with van der Waals surface area (Å²) in [4.78, 5) is 15.2. The van der Waals surface area contributed by atoms with Gasteiger partial charge >= 0.3 is 0 Å². The molecule has 3 rings (SSSR count). The van der Waals surface area contributed by atoms with Crippen LogP contribution >= 0.6 is 0 Å². The summed E-state index contributed by atoms with van der Waals surface area (Å²) in [6.07, 6.45) is 5.48. The molecule has 2 fully saturated rings. The third-order valence-electron chi connectivity index (χ3n) is 5.17. The van der Waals surface area contributed by atoms with Crippen LogP contribution in [0.1, 0.15) is 45.4 Å². The molecule has 1 aromatic carbocycles. The molecule has 2 aliphatic heterocycles. The second-order valence-corrected chi connectivity index (χ2v) is 8.71. The Bertz CT molecular complexity index is 675. The van der Waals surface area contributed by atoms with E-state index in [2.05, 4.69) is 6.92 Å². The number of amides is 1. The highest BCUT2D eigenvalue weighted by atomic mass is 32.2. The average Bonchev–Trinajstić information content (AvgIpc) is 2.62. The van der Waals surface area contributed by atoms with E-state index in [1.54, 1.807) is 30.3 Å². The molecule has 5 nitrogen and oxygen atoms in total. The Morgan fingerprint density at radius 2 is 1.67 bits per heavy atom. The molecule has 2 heterocycles. The first kappa shape index (κ1) is 17.4. The van der Waals surface area contributed by atoms with Gasteiger partial charge < -0.3 is 4.90 Å². The van der Waals surface area contributed by atoms with Gasteiger partial charge in [-0.05, 0) is 51.2 Å². The molecule has 6 heteroatoms. The minimum atomic E-state index is -3.63. The van der Waals surface area contributed by atoms with Gasteiger partial charge in [-0.1, -0.05) is 24.6 Å². The van der Waals surface area contributed by atoms with E-state index in [4.69, 9.17) is 0 Å². The summed E-state index contributed by atoms with van der Waals surface area (Å²) >= 11 is 0. The molecule has 24 heavy (non-hydrogen) atoms. The molecule has 2 saturated heterocycles. The highest BCUT2D eigenvalue weighted by Gasteiger charge is 2.40. The SMILES string of the molecule is CC1CCCCN1C(=O)C1CCCCN1S(=O)(=O)c1ccccc1. The zero-order chi connectivity index (χ0) is 17.2. The van der Waals surface area contributed by atoms with Crippen molar-refractivity contribution in [3.05, 3.63) is 30.3 Å². The second-order valence-electron chi connectivity index (χ2n) is 6.82. The molecule has 2 atom stereocenters. The zero-order valence-corrected chi connectivity index (χ0v) is 15.0. The monoisotopic (exact) mass is 350 g/mol.